The van der Waals surface area contributed by atoms with Crippen molar-refractivity contribution in [3.05, 3.63) is 0 Å². The lowest BCUT2D eigenvalue weighted by molar-refractivity contribution is -0.150. The zero-order valence-electron chi connectivity index (χ0n) is 6.64. The number of hydrogen-bond donors (Lipinski definition) is 0. The highest BCUT2D eigenvalue weighted by Crippen LogP contribution is 1.79. The number of hydrogen-bond acceptors (Lipinski definition) is 3. The van der Waals surface area contributed by atoms with Gasteiger partial charge in [0, 0.05) is 6.42 Å². The molecule has 0 amide bonds. The third-order valence-electron chi connectivity index (χ3n) is 0.840. The monoisotopic (exact) mass is 154 g/mol. The average Bonchev–Trinajstić information content (AvgIpc) is 2.00. The zero-order chi connectivity index (χ0) is 8.69. The molecular formula is C8H10O3. The molecule has 0 rings (SSSR count). The Morgan fingerprint density at radius 3 is 2.45 bits per heavy atom. The summed E-state index contributed by atoms with van der Waals surface area (Å²) in [6.45, 7) is 3.64. The minimum atomic E-state index is -0.867. The standard InChI is InChI=1S/C8H10O3/c1-3-5-6-7(9)8(10)11-4-2/h3-4H2,1-2H3. The molecule has 3 nitrogen and oxygen atoms in total. The van der Waals surface area contributed by atoms with Crippen molar-refractivity contribution in [2.45, 2.75) is 20.3 Å². The maximum atomic E-state index is 10.6. The van der Waals surface area contributed by atoms with E-state index in [1.165, 1.54) is 0 Å². The van der Waals surface area contributed by atoms with Crippen LogP contribution in [0.25, 0.3) is 0 Å². The Balaban J connectivity index is 3.93. The minimum Gasteiger partial charge on any atom is -0.459 e. The van der Waals surface area contributed by atoms with Crippen LogP contribution in [0.15, 0.2) is 0 Å². The number of carbonyl (C=O) groups is 2. The Morgan fingerprint density at radius 1 is 1.36 bits per heavy atom. The number of Topliss-reactive ketones (excluding diaryl/α,β-unsaturated/α-hetero) is 1. The largest absolute Gasteiger partial charge is 0.459 e. The van der Waals surface area contributed by atoms with Gasteiger partial charge >= 0.3 is 11.8 Å². The van der Waals surface area contributed by atoms with Gasteiger partial charge in [-0.3, -0.25) is 4.79 Å². The molecule has 0 radical (unpaired) electrons. The van der Waals surface area contributed by atoms with Crippen molar-refractivity contribution in [2.75, 3.05) is 6.61 Å². The van der Waals surface area contributed by atoms with Crippen molar-refractivity contribution < 1.29 is 14.3 Å². The van der Waals surface area contributed by atoms with Crippen molar-refractivity contribution in [1.82, 2.24) is 0 Å². The van der Waals surface area contributed by atoms with E-state index in [4.69, 9.17) is 0 Å². The van der Waals surface area contributed by atoms with Crippen LogP contribution in [0.2, 0.25) is 0 Å². The molecule has 0 aromatic rings. The molecule has 0 heterocycles. The van der Waals surface area contributed by atoms with Crippen LogP contribution in [0, 0.1) is 11.8 Å². The van der Waals surface area contributed by atoms with Gasteiger partial charge in [-0.25, -0.2) is 4.79 Å². The quantitative estimate of drug-likeness (QED) is 0.252. The lowest BCUT2D eigenvalue weighted by atomic mass is 10.4. The summed E-state index contributed by atoms with van der Waals surface area (Å²) in [7, 11) is 0. The highest BCUT2D eigenvalue weighted by molar-refractivity contribution is 6.40. The third-order valence-corrected chi connectivity index (χ3v) is 0.840. The Hall–Kier alpha value is -1.30. The van der Waals surface area contributed by atoms with E-state index in [1.807, 2.05) is 0 Å². The maximum Gasteiger partial charge on any atom is 0.388 e. The summed E-state index contributed by atoms with van der Waals surface area (Å²) in [6.07, 6.45) is 0.561. The van der Waals surface area contributed by atoms with Crippen molar-refractivity contribution in [1.29, 1.82) is 0 Å². The second kappa shape index (κ2) is 5.48. The van der Waals surface area contributed by atoms with Crippen LogP contribution in [-0.4, -0.2) is 18.4 Å². The number of ketones is 1. The average molecular weight is 154 g/mol. The molecule has 0 aliphatic rings. The first-order chi connectivity index (χ1) is 5.22. The SMILES string of the molecule is CCC#CC(=O)C(=O)OCC. The molecule has 0 aliphatic heterocycles. The van der Waals surface area contributed by atoms with E-state index < -0.39 is 11.8 Å². The molecule has 0 spiro atoms. The number of rotatable bonds is 2. The molecule has 0 fully saturated rings. The predicted octanol–water partition coefficient (Wildman–Crippen LogP) is 0.532. The fourth-order valence-corrected chi connectivity index (χ4v) is 0.416. The topological polar surface area (TPSA) is 43.4 Å². The second-order valence-corrected chi connectivity index (χ2v) is 1.70. The Kier molecular flexibility index (Phi) is 4.83. The van der Waals surface area contributed by atoms with E-state index in [9.17, 15) is 9.59 Å². The Morgan fingerprint density at radius 2 is 2.00 bits per heavy atom. The molecule has 0 saturated carbocycles. The molecule has 0 N–H and O–H groups in total. The van der Waals surface area contributed by atoms with Gasteiger partial charge in [0.2, 0.25) is 0 Å². The van der Waals surface area contributed by atoms with Gasteiger partial charge in [-0.05, 0) is 12.8 Å². The van der Waals surface area contributed by atoms with Crippen LogP contribution in [0.1, 0.15) is 20.3 Å². The lowest BCUT2D eigenvalue weighted by Crippen LogP contribution is -2.14. The van der Waals surface area contributed by atoms with Gasteiger partial charge in [0.25, 0.3) is 0 Å². The lowest BCUT2D eigenvalue weighted by Gasteiger charge is -1.93. The van der Waals surface area contributed by atoms with Crippen LogP contribution in [0.3, 0.4) is 0 Å². The van der Waals surface area contributed by atoms with Gasteiger partial charge < -0.3 is 4.74 Å². The van der Waals surface area contributed by atoms with Gasteiger partial charge in [-0.15, -0.1) is 0 Å². The van der Waals surface area contributed by atoms with Gasteiger partial charge in [0.15, 0.2) is 0 Å². The summed E-state index contributed by atoms with van der Waals surface area (Å²) in [6, 6.07) is 0. The van der Waals surface area contributed by atoms with Crippen molar-refractivity contribution >= 4 is 11.8 Å². The Labute approximate surface area is 65.7 Å². The van der Waals surface area contributed by atoms with Crippen LogP contribution in [-0.2, 0) is 14.3 Å². The van der Waals surface area contributed by atoms with E-state index in [1.54, 1.807) is 13.8 Å². The second-order valence-electron chi connectivity index (χ2n) is 1.70. The summed E-state index contributed by atoms with van der Waals surface area (Å²) < 4.78 is 4.41. The summed E-state index contributed by atoms with van der Waals surface area (Å²) in [4.78, 5) is 21.2. The van der Waals surface area contributed by atoms with Crippen LogP contribution >= 0.6 is 0 Å². The highest BCUT2D eigenvalue weighted by Gasteiger charge is 2.10. The van der Waals surface area contributed by atoms with Gasteiger partial charge in [-0.2, -0.15) is 0 Å². The van der Waals surface area contributed by atoms with Crippen molar-refractivity contribution in [2.24, 2.45) is 0 Å². The van der Waals surface area contributed by atoms with E-state index >= 15 is 0 Å². The molecule has 0 aromatic carbocycles. The predicted molar refractivity (Wildman–Crippen MR) is 39.7 cm³/mol. The van der Waals surface area contributed by atoms with Gasteiger partial charge in [0.1, 0.15) is 0 Å². The number of ether oxygens (including phenoxy) is 1. The molecule has 0 bridgehead atoms. The number of esters is 1. The molecule has 0 atom stereocenters. The molecule has 3 heteroatoms. The normalized spacial score (nSPS) is 7.82. The fraction of sp³-hybridized carbons (Fsp3) is 0.500. The van der Waals surface area contributed by atoms with Crippen molar-refractivity contribution in [3.63, 3.8) is 0 Å². The molecule has 0 aromatic heterocycles. The van der Waals surface area contributed by atoms with Gasteiger partial charge in [0.05, 0.1) is 6.61 Å². The minimum absolute atomic E-state index is 0.207. The van der Waals surface area contributed by atoms with Crippen LogP contribution in [0.5, 0.6) is 0 Å². The first-order valence-electron chi connectivity index (χ1n) is 3.42. The molecule has 0 saturated heterocycles. The van der Waals surface area contributed by atoms with E-state index in [2.05, 4.69) is 16.6 Å². The zero-order valence-corrected chi connectivity index (χ0v) is 6.64. The fourth-order valence-electron chi connectivity index (χ4n) is 0.416. The summed E-state index contributed by atoms with van der Waals surface area (Å²) in [5, 5.41) is 0. The molecule has 60 valence electrons. The van der Waals surface area contributed by atoms with E-state index in [0.29, 0.717) is 6.42 Å². The van der Waals surface area contributed by atoms with Crippen molar-refractivity contribution in [3.8, 4) is 11.8 Å². The summed E-state index contributed by atoms with van der Waals surface area (Å²) in [5.74, 6) is 3.00. The first-order valence-corrected chi connectivity index (χ1v) is 3.42. The van der Waals surface area contributed by atoms with Crippen LogP contribution < -0.4 is 0 Å². The smallest absolute Gasteiger partial charge is 0.388 e. The number of carbonyl (C=O) groups excluding carboxylic acids is 2. The molecule has 0 unspecified atom stereocenters. The maximum absolute atomic E-state index is 10.6. The first kappa shape index (κ1) is 9.70. The molecule has 11 heavy (non-hydrogen) atoms. The van der Waals surface area contributed by atoms with E-state index in [-0.39, 0.29) is 6.61 Å². The van der Waals surface area contributed by atoms with E-state index in [0.717, 1.165) is 0 Å². The Bertz CT molecular complexity index is 207. The third kappa shape index (κ3) is 4.15. The summed E-state index contributed by atoms with van der Waals surface area (Å²) in [5.41, 5.74) is 0. The highest BCUT2D eigenvalue weighted by atomic mass is 16.5. The van der Waals surface area contributed by atoms with Crippen LogP contribution in [0.4, 0.5) is 0 Å². The molecule has 0 aliphatic carbocycles. The molecular weight excluding hydrogens is 144 g/mol. The summed E-state index contributed by atoms with van der Waals surface area (Å²) >= 11 is 0. The van der Waals surface area contributed by atoms with Gasteiger partial charge in [-0.1, -0.05) is 12.8 Å².